The molecular weight excluding hydrogens is 236 g/mol. The topological polar surface area (TPSA) is 53.6 Å². The fourth-order valence-electron chi connectivity index (χ4n) is 2.85. The molecule has 4 heteroatoms. The first-order valence-electron chi connectivity index (χ1n) is 6.88. The Bertz CT molecular complexity index is 556. The number of hydrogen-bond acceptors (Lipinski definition) is 3. The fourth-order valence-corrected chi connectivity index (χ4v) is 2.85. The standard InChI is InChI=1S/C15H20N4/c1-11-9-13(12-5-3-8-17-12)19-14(18-11)15(10-16-2)6-4-7-15/h3,5,8-9,16-17H,4,6-7,10H2,1-2H3. The molecule has 2 aromatic heterocycles. The summed E-state index contributed by atoms with van der Waals surface area (Å²) >= 11 is 0. The highest BCUT2D eigenvalue weighted by molar-refractivity contribution is 5.54. The van der Waals surface area contributed by atoms with E-state index in [4.69, 9.17) is 9.97 Å². The minimum Gasteiger partial charge on any atom is -0.360 e. The summed E-state index contributed by atoms with van der Waals surface area (Å²) in [6.07, 6.45) is 5.57. The number of hydrogen-bond donors (Lipinski definition) is 2. The van der Waals surface area contributed by atoms with Gasteiger partial charge in [0.25, 0.3) is 0 Å². The first-order chi connectivity index (χ1) is 9.23. The smallest absolute Gasteiger partial charge is 0.136 e. The van der Waals surface area contributed by atoms with Crippen molar-refractivity contribution in [1.29, 1.82) is 0 Å². The van der Waals surface area contributed by atoms with Crippen LogP contribution in [-0.2, 0) is 5.41 Å². The Labute approximate surface area is 113 Å². The lowest BCUT2D eigenvalue weighted by Crippen LogP contribution is -2.44. The molecule has 3 rings (SSSR count). The Balaban J connectivity index is 2.02. The Morgan fingerprint density at radius 1 is 1.37 bits per heavy atom. The van der Waals surface area contributed by atoms with Crippen LogP contribution in [-0.4, -0.2) is 28.5 Å². The zero-order valence-electron chi connectivity index (χ0n) is 11.5. The van der Waals surface area contributed by atoms with E-state index in [0.717, 1.165) is 29.5 Å². The molecule has 100 valence electrons. The molecule has 2 aromatic rings. The number of H-pyrrole nitrogens is 1. The van der Waals surface area contributed by atoms with E-state index in [1.807, 2.05) is 32.3 Å². The van der Waals surface area contributed by atoms with Gasteiger partial charge in [-0.05, 0) is 45.0 Å². The van der Waals surface area contributed by atoms with E-state index in [0.29, 0.717) is 0 Å². The number of rotatable bonds is 4. The van der Waals surface area contributed by atoms with Gasteiger partial charge in [-0.2, -0.15) is 0 Å². The number of aromatic amines is 1. The lowest BCUT2D eigenvalue weighted by Gasteiger charge is -2.40. The van der Waals surface area contributed by atoms with E-state index >= 15 is 0 Å². The monoisotopic (exact) mass is 256 g/mol. The minimum atomic E-state index is 0.141. The van der Waals surface area contributed by atoms with Crippen LogP contribution in [0.5, 0.6) is 0 Å². The van der Waals surface area contributed by atoms with Crippen LogP contribution in [0, 0.1) is 6.92 Å². The second-order valence-corrected chi connectivity index (χ2v) is 5.47. The SMILES string of the molecule is CNCC1(c2nc(C)cc(-c3ccc[nH]3)n2)CCC1. The van der Waals surface area contributed by atoms with Crippen LogP contribution in [0.25, 0.3) is 11.4 Å². The molecule has 0 atom stereocenters. The van der Waals surface area contributed by atoms with Crippen molar-refractivity contribution in [3.05, 3.63) is 35.9 Å². The summed E-state index contributed by atoms with van der Waals surface area (Å²) in [6.45, 7) is 3.00. The average molecular weight is 256 g/mol. The molecule has 19 heavy (non-hydrogen) atoms. The molecule has 4 nitrogen and oxygen atoms in total. The summed E-state index contributed by atoms with van der Waals surface area (Å²) in [5.74, 6) is 0.998. The van der Waals surface area contributed by atoms with Crippen molar-refractivity contribution in [3.63, 3.8) is 0 Å². The van der Waals surface area contributed by atoms with Crippen molar-refractivity contribution in [3.8, 4) is 11.4 Å². The maximum absolute atomic E-state index is 4.81. The number of aryl methyl sites for hydroxylation is 1. The number of nitrogens with one attached hydrogen (secondary N) is 2. The van der Waals surface area contributed by atoms with Crippen molar-refractivity contribution in [2.45, 2.75) is 31.6 Å². The zero-order chi connectivity index (χ0) is 13.3. The van der Waals surface area contributed by atoms with Gasteiger partial charge in [0, 0.05) is 23.9 Å². The first kappa shape index (κ1) is 12.4. The third-order valence-electron chi connectivity index (χ3n) is 4.03. The number of likely N-dealkylation sites (N-methyl/N-ethyl adjacent to an activating group) is 1. The number of nitrogens with zero attached hydrogens (tertiary/aromatic N) is 2. The lowest BCUT2D eigenvalue weighted by atomic mass is 9.68. The molecule has 0 spiro atoms. The van der Waals surface area contributed by atoms with Crippen molar-refractivity contribution >= 4 is 0 Å². The third-order valence-corrected chi connectivity index (χ3v) is 4.03. The van der Waals surface area contributed by atoms with Crippen molar-refractivity contribution < 1.29 is 0 Å². The van der Waals surface area contributed by atoms with E-state index in [1.165, 1.54) is 19.3 Å². The van der Waals surface area contributed by atoms with Gasteiger partial charge in [-0.15, -0.1) is 0 Å². The minimum absolute atomic E-state index is 0.141. The van der Waals surface area contributed by atoms with E-state index < -0.39 is 0 Å². The molecule has 0 bridgehead atoms. The predicted octanol–water partition coefficient (Wildman–Crippen LogP) is 2.42. The summed E-state index contributed by atoms with van der Waals surface area (Å²) in [6, 6.07) is 6.09. The Morgan fingerprint density at radius 3 is 2.79 bits per heavy atom. The molecule has 1 aliphatic rings. The Morgan fingerprint density at radius 2 is 2.21 bits per heavy atom. The van der Waals surface area contributed by atoms with Gasteiger partial charge in [-0.3, -0.25) is 0 Å². The van der Waals surface area contributed by atoms with Crippen LogP contribution in [0.15, 0.2) is 24.4 Å². The fraction of sp³-hybridized carbons (Fsp3) is 0.467. The van der Waals surface area contributed by atoms with Gasteiger partial charge in [-0.25, -0.2) is 9.97 Å². The summed E-state index contributed by atoms with van der Waals surface area (Å²) in [5.41, 5.74) is 3.24. The zero-order valence-corrected chi connectivity index (χ0v) is 11.5. The summed E-state index contributed by atoms with van der Waals surface area (Å²) < 4.78 is 0. The van der Waals surface area contributed by atoms with Crippen LogP contribution in [0.4, 0.5) is 0 Å². The van der Waals surface area contributed by atoms with Gasteiger partial charge < -0.3 is 10.3 Å². The van der Waals surface area contributed by atoms with Gasteiger partial charge in [0.1, 0.15) is 5.82 Å². The highest BCUT2D eigenvalue weighted by Gasteiger charge is 2.41. The summed E-state index contributed by atoms with van der Waals surface area (Å²) in [5, 5.41) is 3.29. The highest BCUT2D eigenvalue weighted by Crippen LogP contribution is 2.42. The van der Waals surface area contributed by atoms with Crippen LogP contribution in [0.3, 0.4) is 0 Å². The summed E-state index contributed by atoms with van der Waals surface area (Å²) in [7, 11) is 2.00. The average Bonchev–Trinajstić information content (AvgIpc) is 2.86. The molecule has 0 aliphatic heterocycles. The molecule has 0 aromatic carbocycles. The van der Waals surface area contributed by atoms with E-state index in [1.54, 1.807) is 0 Å². The highest BCUT2D eigenvalue weighted by atomic mass is 15.0. The van der Waals surface area contributed by atoms with Gasteiger partial charge in [0.05, 0.1) is 11.4 Å². The first-order valence-corrected chi connectivity index (χ1v) is 6.88. The van der Waals surface area contributed by atoms with Crippen LogP contribution in [0.2, 0.25) is 0 Å². The largest absolute Gasteiger partial charge is 0.360 e. The van der Waals surface area contributed by atoms with E-state index in [9.17, 15) is 0 Å². The molecule has 2 heterocycles. The second-order valence-electron chi connectivity index (χ2n) is 5.47. The van der Waals surface area contributed by atoms with Gasteiger partial charge in [0.15, 0.2) is 0 Å². The maximum atomic E-state index is 4.81. The number of aromatic nitrogens is 3. The van der Waals surface area contributed by atoms with Crippen molar-refractivity contribution in [2.75, 3.05) is 13.6 Å². The molecule has 0 saturated heterocycles. The Hall–Kier alpha value is -1.68. The predicted molar refractivity (Wildman–Crippen MR) is 76.0 cm³/mol. The molecule has 1 aliphatic carbocycles. The quantitative estimate of drug-likeness (QED) is 0.883. The van der Waals surface area contributed by atoms with Crippen molar-refractivity contribution in [1.82, 2.24) is 20.3 Å². The molecular formula is C15H20N4. The van der Waals surface area contributed by atoms with Gasteiger partial charge in [0.2, 0.25) is 0 Å². The van der Waals surface area contributed by atoms with E-state index in [2.05, 4.69) is 16.4 Å². The molecule has 0 radical (unpaired) electrons. The van der Waals surface area contributed by atoms with Gasteiger partial charge in [-0.1, -0.05) is 6.42 Å². The maximum Gasteiger partial charge on any atom is 0.136 e. The molecule has 1 saturated carbocycles. The molecule has 0 amide bonds. The van der Waals surface area contributed by atoms with Gasteiger partial charge >= 0.3 is 0 Å². The van der Waals surface area contributed by atoms with Crippen LogP contribution in [0.1, 0.15) is 30.8 Å². The van der Waals surface area contributed by atoms with Crippen molar-refractivity contribution in [2.24, 2.45) is 0 Å². The molecule has 2 N–H and O–H groups in total. The normalized spacial score (nSPS) is 17.2. The van der Waals surface area contributed by atoms with Crippen LogP contribution >= 0.6 is 0 Å². The van der Waals surface area contributed by atoms with Crippen LogP contribution < -0.4 is 5.32 Å². The summed E-state index contributed by atoms with van der Waals surface area (Å²) in [4.78, 5) is 12.7. The molecule has 1 fully saturated rings. The third kappa shape index (κ3) is 2.16. The second kappa shape index (κ2) is 4.78. The van der Waals surface area contributed by atoms with E-state index in [-0.39, 0.29) is 5.41 Å². The molecule has 0 unspecified atom stereocenters. The Kier molecular flexibility index (Phi) is 3.11. The lowest BCUT2D eigenvalue weighted by molar-refractivity contribution is 0.224.